The lowest BCUT2D eigenvalue weighted by atomic mass is 10.00. The Labute approximate surface area is 111 Å². The van der Waals surface area contributed by atoms with Crippen molar-refractivity contribution in [2.45, 2.75) is 20.0 Å². The molecule has 3 nitrogen and oxygen atoms in total. The minimum absolute atomic E-state index is 0.338. The van der Waals surface area contributed by atoms with Gasteiger partial charge in [-0.3, -0.25) is 0 Å². The van der Waals surface area contributed by atoms with E-state index >= 15 is 0 Å². The van der Waals surface area contributed by atoms with E-state index < -0.39 is 6.10 Å². The number of nitrogens with zero attached hydrogens (tertiary/aromatic N) is 1. The van der Waals surface area contributed by atoms with Crippen LogP contribution in [-0.4, -0.2) is 10.1 Å². The summed E-state index contributed by atoms with van der Waals surface area (Å²) in [7, 11) is 0. The number of aryl methyl sites for hydroxylation is 2. The van der Waals surface area contributed by atoms with E-state index in [9.17, 15) is 5.11 Å². The third-order valence-electron chi connectivity index (χ3n) is 2.89. The first kappa shape index (κ1) is 12.9. The van der Waals surface area contributed by atoms with Crippen molar-refractivity contribution in [2.24, 2.45) is 0 Å². The molecule has 2 aromatic rings. The molecule has 3 N–H and O–H groups in total. The number of rotatable bonds is 2. The smallest absolute Gasteiger partial charge is 0.129 e. The number of aliphatic hydroxyl groups excluding tert-OH is 1. The van der Waals surface area contributed by atoms with Gasteiger partial charge < -0.3 is 10.8 Å². The van der Waals surface area contributed by atoms with Crippen LogP contribution < -0.4 is 5.73 Å². The molecule has 0 fully saturated rings. The van der Waals surface area contributed by atoms with Crippen LogP contribution in [0.15, 0.2) is 30.5 Å². The fraction of sp³-hybridized carbons (Fsp3) is 0.214. The summed E-state index contributed by atoms with van der Waals surface area (Å²) >= 11 is 6.06. The van der Waals surface area contributed by atoms with Gasteiger partial charge in [0.2, 0.25) is 0 Å². The standard InChI is InChI=1S/C14H15ClN2O/c1-8-5-11(14(16)17-7-8)13(18)10-4-3-9(2)12(15)6-10/h3-7,13,18H,1-2H3,(H2,16,17). The van der Waals surface area contributed by atoms with E-state index in [2.05, 4.69) is 4.98 Å². The summed E-state index contributed by atoms with van der Waals surface area (Å²) in [6.07, 6.45) is 0.865. The lowest BCUT2D eigenvalue weighted by Gasteiger charge is -2.14. The molecule has 0 aliphatic carbocycles. The van der Waals surface area contributed by atoms with Gasteiger partial charge in [-0.1, -0.05) is 23.7 Å². The third kappa shape index (κ3) is 2.47. The van der Waals surface area contributed by atoms with Crippen molar-refractivity contribution in [2.75, 3.05) is 5.73 Å². The molecular weight excluding hydrogens is 248 g/mol. The predicted octanol–water partition coefficient (Wildman–Crippen LogP) is 3.02. The maximum atomic E-state index is 10.3. The molecule has 0 saturated heterocycles. The summed E-state index contributed by atoms with van der Waals surface area (Å²) in [5.74, 6) is 0.338. The Morgan fingerprint density at radius 1 is 1.28 bits per heavy atom. The molecule has 18 heavy (non-hydrogen) atoms. The molecule has 0 spiro atoms. The summed E-state index contributed by atoms with van der Waals surface area (Å²) < 4.78 is 0. The van der Waals surface area contributed by atoms with Crippen LogP contribution in [-0.2, 0) is 0 Å². The Hall–Kier alpha value is -1.58. The van der Waals surface area contributed by atoms with E-state index in [4.69, 9.17) is 17.3 Å². The van der Waals surface area contributed by atoms with Gasteiger partial charge in [0, 0.05) is 16.8 Å². The number of nitrogens with two attached hydrogens (primary N) is 1. The molecule has 0 aliphatic heterocycles. The fourth-order valence-corrected chi connectivity index (χ4v) is 1.97. The fourth-order valence-electron chi connectivity index (χ4n) is 1.78. The summed E-state index contributed by atoms with van der Waals surface area (Å²) in [6, 6.07) is 7.30. The van der Waals surface area contributed by atoms with Gasteiger partial charge in [0.1, 0.15) is 11.9 Å². The second kappa shape index (κ2) is 4.96. The molecular formula is C14H15ClN2O. The number of aromatic nitrogens is 1. The van der Waals surface area contributed by atoms with Gasteiger partial charge in [-0.15, -0.1) is 0 Å². The molecule has 1 heterocycles. The third-order valence-corrected chi connectivity index (χ3v) is 3.30. The molecule has 2 rings (SSSR count). The molecule has 4 heteroatoms. The Bertz CT molecular complexity index is 584. The molecule has 0 saturated carbocycles. The molecule has 94 valence electrons. The van der Waals surface area contributed by atoms with Crippen LogP contribution in [0.4, 0.5) is 5.82 Å². The van der Waals surface area contributed by atoms with Gasteiger partial charge in [-0.2, -0.15) is 0 Å². The van der Waals surface area contributed by atoms with E-state index in [1.54, 1.807) is 12.3 Å². The highest BCUT2D eigenvalue weighted by Crippen LogP contribution is 2.28. The average Bonchev–Trinajstić information content (AvgIpc) is 2.35. The van der Waals surface area contributed by atoms with Crippen LogP contribution in [0.1, 0.15) is 28.4 Å². The second-order valence-electron chi connectivity index (χ2n) is 4.40. The highest BCUT2D eigenvalue weighted by molar-refractivity contribution is 6.31. The van der Waals surface area contributed by atoms with E-state index in [0.717, 1.165) is 11.1 Å². The summed E-state index contributed by atoms with van der Waals surface area (Å²) in [4.78, 5) is 4.05. The van der Waals surface area contributed by atoms with Crippen molar-refractivity contribution in [1.29, 1.82) is 0 Å². The SMILES string of the molecule is Cc1cnc(N)c(C(O)c2ccc(C)c(Cl)c2)c1. The Balaban J connectivity index is 2.44. The zero-order valence-electron chi connectivity index (χ0n) is 10.3. The zero-order chi connectivity index (χ0) is 13.3. The van der Waals surface area contributed by atoms with Crippen LogP contribution in [0, 0.1) is 13.8 Å². The monoisotopic (exact) mass is 262 g/mol. The number of benzene rings is 1. The van der Waals surface area contributed by atoms with Crippen molar-refractivity contribution in [3.05, 3.63) is 57.7 Å². The van der Waals surface area contributed by atoms with Crippen molar-refractivity contribution in [3.63, 3.8) is 0 Å². The normalized spacial score (nSPS) is 12.4. The van der Waals surface area contributed by atoms with Crippen molar-refractivity contribution < 1.29 is 5.11 Å². The van der Waals surface area contributed by atoms with Crippen LogP contribution in [0.25, 0.3) is 0 Å². The van der Waals surface area contributed by atoms with Crippen molar-refractivity contribution in [3.8, 4) is 0 Å². The minimum atomic E-state index is -0.810. The van der Waals surface area contributed by atoms with Gasteiger partial charge in [-0.05, 0) is 42.7 Å². The van der Waals surface area contributed by atoms with Gasteiger partial charge in [0.25, 0.3) is 0 Å². The van der Waals surface area contributed by atoms with Gasteiger partial charge in [-0.25, -0.2) is 4.98 Å². The summed E-state index contributed by atoms with van der Waals surface area (Å²) in [6.45, 7) is 3.83. The Kier molecular flexibility index (Phi) is 3.55. The quantitative estimate of drug-likeness (QED) is 0.875. The zero-order valence-corrected chi connectivity index (χ0v) is 11.1. The molecule has 1 atom stereocenters. The topological polar surface area (TPSA) is 59.1 Å². The lowest BCUT2D eigenvalue weighted by molar-refractivity contribution is 0.220. The maximum absolute atomic E-state index is 10.3. The predicted molar refractivity (Wildman–Crippen MR) is 73.6 cm³/mol. The number of halogens is 1. The first-order valence-electron chi connectivity index (χ1n) is 5.65. The summed E-state index contributed by atoms with van der Waals surface area (Å²) in [5.41, 5.74) is 9.04. The lowest BCUT2D eigenvalue weighted by Crippen LogP contribution is -2.06. The maximum Gasteiger partial charge on any atom is 0.129 e. The molecule has 0 amide bonds. The van der Waals surface area contributed by atoms with E-state index in [1.807, 2.05) is 32.0 Å². The number of nitrogen functional groups attached to an aromatic ring is 1. The van der Waals surface area contributed by atoms with Crippen LogP contribution in [0.2, 0.25) is 5.02 Å². The molecule has 1 unspecified atom stereocenters. The van der Waals surface area contributed by atoms with Gasteiger partial charge in [0.05, 0.1) is 0 Å². The first-order chi connectivity index (χ1) is 8.49. The Morgan fingerprint density at radius 2 is 2.00 bits per heavy atom. The molecule has 1 aromatic heterocycles. The van der Waals surface area contributed by atoms with Crippen LogP contribution in [0.3, 0.4) is 0 Å². The number of aliphatic hydroxyl groups is 1. The van der Waals surface area contributed by atoms with E-state index in [-0.39, 0.29) is 0 Å². The second-order valence-corrected chi connectivity index (χ2v) is 4.81. The van der Waals surface area contributed by atoms with E-state index in [0.29, 0.717) is 22.0 Å². The summed E-state index contributed by atoms with van der Waals surface area (Å²) in [5, 5.41) is 11.0. The van der Waals surface area contributed by atoms with Crippen LogP contribution >= 0.6 is 11.6 Å². The number of hydrogen-bond acceptors (Lipinski definition) is 3. The highest BCUT2D eigenvalue weighted by atomic mass is 35.5. The first-order valence-corrected chi connectivity index (χ1v) is 6.03. The molecule has 0 aliphatic rings. The highest BCUT2D eigenvalue weighted by Gasteiger charge is 2.15. The minimum Gasteiger partial charge on any atom is -0.384 e. The molecule has 0 bridgehead atoms. The van der Waals surface area contributed by atoms with Crippen LogP contribution in [0.5, 0.6) is 0 Å². The molecule has 0 radical (unpaired) electrons. The largest absolute Gasteiger partial charge is 0.384 e. The molecule has 1 aromatic carbocycles. The number of hydrogen-bond donors (Lipinski definition) is 2. The van der Waals surface area contributed by atoms with E-state index in [1.165, 1.54) is 0 Å². The van der Waals surface area contributed by atoms with Gasteiger partial charge in [0.15, 0.2) is 0 Å². The Morgan fingerprint density at radius 3 is 2.67 bits per heavy atom. The van der Waals surface area contributed by atoms with Gasteiger partial charge >= 0.3 is 0 Å². The van der Waals surface area contributed by atoms with Crippen molar-refractivity contribution >= 4 is 17.4 Å². The average molecular weight is 263 g/mol. The number of anilines is 1. The number of pyridine rings is 1. The van der Waals surface area contributed by atoms with Crippen molar-refractivity contribution in [1.82, 2.24) is 4.98 Å².